The molecule has 31 heavy (non-hydrogen) atoms. The highest BCUT2D eigenvalue weighted by molar-refractivity contribution is 6.27. The van der Waals surface area contributed by atoms with Crippen LogP contribution in [-0.4, -0.2) is 64.7 Å². The summed E-state index contributed by atoms with van der Waals surface area (Å²) in [6.07, 6.45) is 2.49. The van der Waals surface area contributed by atoms with E-state index >= 15 is 0 Å². The Kier molecular flexibility index (Phi) is 10.00. The van der Waals surface area contributed by atoms with Crippen LogP contribution in [0.25, 0.3) is 0 Å². The third kappa shape index (κ3) is 8.03. The van der Waals surface area contributed by atoms with E-state index in [1.165, 1.54) is 24.0 Å². The standard InChI is InChI=1S/C22H30N2O.C2H2O4/c1-3-24(17-19-9-5-4-6-10-19)21-13-15-23(16-14-21)18-20-11-7-8-12-22(20)25-2;3-1(4)2(5)6/h4-12,21H,3,13-18H2,1-2H3;(H,3,4)(H,5,6). The molecule has 0 amide bonds. The van der Waals surface area contributed by atoms with E-state index in [0.717, 1.165) is 38.5 Å². The predicted octanol–water partition coefficient (Wildman–Crippen LogP) is 3.34. The minimum absolute atomic E-state index is 0.694. The van der Waals surface area contributed by atoms with E-state index < -0.39 is 11.9 Å². The van der Waals surface area contributed by atoms with Gasteiger partial charge in [-0.05, 0) is 44.1 Å². The Morgan fingerprint density at radius 3 is 2.13 bits per heavy atom. The van der Waals surface area contributed by atoms with Crippen LogP contribution in [0.2, 0.25) is 0 Å². The fourth-order valence-corrected chi connectivity index (χ4v) is 3.83. The lowest BCUT2D eigenvalue weighted by Crippen LogP contribution is -2.44. The van der Waals surface area contributed by atoms with E-state index in [1.54, 1.807) is 7.11 Å². The van der Waals surface area contributed by atoms with Crippen LogP contribution >= 0.6 is 0 Å². The van der Waals surface area contributed by atoms with Crippen molar-refractivity contribution in [2.45, 2.75) is 38.9 Å². The van der Waals surface area contributed by atoms with Gasteiger partial charge in [-0.1, -0.05) is 55.5 Å². The van der Waals surface area contributed by atoms with Crippen LogP contribution < -0.4 is 4.74 Å². The molecule has 3 rings (SSSR count). The molecular weight excluding hydrogens is 396 g/mol. The zero-order valence-corrected chi connectivity index (χ0v) is 18.2. The van der Waals surface area contributed by atoms with Crippen molar-refractivity contribution in [2.75, 3.05) is 26.7 Å². The van der Waals surface area contributed by atoms with Gasteiger partial charge in [-0.3, -0.25) is 9.80 Å². The number of benzene rings is 2. The quantitative estimate of drug-likeness (QED) is 0.654. The van der Waals surface area contributed by atoms with Crippen LogP contribution in [0.4, 0.5) is 0 Å². The first kappa shape index (κ1) is 24.4. The summed E-state index contributed by atoms with van der Waals surface area (Å²) in [6, 6.07) is 19.9. The Balaban J connectivity index is 0.000000501. The number of piperidine rings is 1. The van der Waals surface area contributed by atoms with E-state index in [0.29, 0.717) is 6.04 Å². The SMILES string of the molecule is CCN(Cc1ccccc1)C1CCN(Cc2ccccc2OC)CC1.O=C(O)C(=O)O. The summed E-state index contributed by atoms with van der Waals surface area (Å²) in [7, 11) is 1.76. The monoisotopic (exact) mass is 428 g/mol. The first-order valence-corrected chi connectivity index (χ1v) is 10.5. The van der Waals surface area contributed by atoms with Crippen molar-refractivity contribution in [3.8, 4) is 5.75 Å². The number of ether oxygens (including phenoxy) is 1. The lowest BCUT2D eigenvalue weighted by Gasteiger charge is -2.38. The van der Waals surface area contributed by atoms with Crippen molar-refractivity contribution in [3.63, 3.8) is 0 Å². The molecule has 1 heterocycles. The van der Waals surface area contributed by atoms with Crippen molar-refractivity contribution >= 4 is 11.9 Å². The van der Waals surface area contributed by atoms with Crippen molar-refractivity contribution in [1.82, 2.24) is 9.80 Å². The van der Waals surface area contributed by atoms with Crippen LogP contribution in [0, 0.1) is 0 Å². The Bertz CT molecular complexity index is 808. The Morgan fingerprint density at radius 1 is 1.00 bits per heavy atom. The number of likely N-dealkylation sites (tertiary alicyclic amines) is 1. The molecule has 0 aliphatic carbocycles. The summed E-state index contributed by atoms with van der Waals surface area (Å²) >= 11 is 0. The average Bonchev–Trinajstić information content (AvgIpc) is 2.79. The molecule has 7 heteroatoms. The molecule has 2 aromatic rings. The lowest BCUT2D eigenvalue weighted by molar-refractivity contribution is -0.159. The summed E-state index contributed by atoms with van der Waals surface area (Å²) in [5.74, 6) is -2.64. The number of nitrogens with zero attached hydrogens (tertiary/aromatic N) is 2. The Morgan fingerprint density at radius 2 is 1.58 bits per heavy atom. The molecule has 2 aromatic carbocycles. The number of carbonyl (C=O) groups is 2. The maximum Gasteiger partial charge on any atom is 0.414 e. The zero-order chi connectivity index (χ0) is 22.6. The number of para-hydroxylation sites is 1. The summed E-state index contributed by atoms with van der Waals surface area (Å²) in [4.78, 5) is 23.4. The summed E-state index contributed by atoms with van der Waals surface area (Å²) in [5.41, 5.74) is 2.71. The van der Waals surface area contributed by atoms with Crippen LogP contribution in [-0.2, 0) is 22.7 Å². The summed E-state index contributed by atoms with van der Waals surface area (Å²) in [5, 5.41) is 14.8. The number of carboxylic acids is 2. The summed E-state index contributed by atoms with van der Waals surface area (Å²) < 4.78 is 5.50. The van der Waals surface area contributed by atoms with E-state index in [4.69, 9.17) is 24.5 Å². The maximum absolute atomic E-state index is 9.10. The van der Waals surface area contributed by atoms with Crippen LogP contribution in [0.3, 0.4) is 0 Å². The van der Waals surface area contributed by atoms with Gasteiger partial charge in [0.25, 0.3) is 0 Å². The third-order valence-corrected chi connectivity index (χ3v) is 5.48. The highest BCUT2D eigenvalue weighted by atomic mass is 16.5. The number of rotatable bonds is 7. The Labute approximate surface area is 183 Å². The van der Waals surface area contributed by atoms with Gasteiger partial charge < -0.3 is 14.9 Å². The first-order valence-electron chi connectivity index (χ1n) is 10.5. The normalized spacial score (nSPS) is 14.5. The molecule has 0 bridgehead atoms. The highest BCUT2D eigenvalue weighted by Crippen LogP contribution is 2.23. The molecule has 0 atom stereocenters. The molecule has 0 radical (unpaired) electrons. The topological polar surface area (TPSA) is 90.3 Å². The van der Waals surface area contributed by atoms with Crippen molar-refractivity contribution in [2.24, 2.45) is 0 Å². The number of carboxylic acid groups (broad SMARTS) is 2. The molecular formula is C24H32N2O5. The average molecular weight is 429 g/mol. The van der Waals surface area contributed by atoms with Gasteiger partial charge in [0.15, 0.2) is 0 Å². The molecule has 0 unspecified atom stereocenters. The van der Waals surface area contributed by atoms with Crippen LogP contribution in [0.1, 0.15) is 30.9 Å². The fraction of sp³-hybridized carbons (Fsp3) is 0.417. The molecule has 1 saturated heterocycles. The molecule has 0 spiro atoms. The van der Waals surface area contributed by atoms with Gasteiger partial charge in [0.1, 0.15) is 5.75 Å². The number of methoxy groups -OCH3 is 1. The minimum atomic E-state index is -1.82. The van der Waals surface area contributed by atoms with Gasteiger partial charge in [0.05, 0.1) is 7.11 Å². The zero-order valence-electron chi connectivity index (χ0n) is 18.2. The molecule has 0 aromatic heterocycles. The van der Waals surface area contributed by atoms with Crippen LogP contribution in [0.15, 0.2) is 54.6 Å². The molecule has 1 aliphatic heterocycles. The van der Waals surface area contributed by atoms with E-state index in [1.807, 2.05) is 6.07 Å². The maximum atomic E-state index is 9.10. The lowest BCUT2D eigenvalue weighted by atomic mass is 10.0. The molecule has 1 fully saturated rings. The second-order valence-corrected chi connectivity index (χ2v) is 7.48. The second-order valence-electron chi connectivity index (χ2n) is 7.48. The van der Waals surface area contributed by atoms with Gasteiger partial charge >= 0.3 is 11.9 Å². The number of hydrogen-bond acceptors (Lipinski definition) is 5. The largest absolute Gasteiger partial charge is 0.496 e. The van der Waals surface area contributed by atoms with Gasteiger partial charge in [-0.25, -0.2) is 9.59 Å². The molecule has 1 aliphatic rings. The van der Waals surface area contributed by atoms with Crippen molar-refractivity contribution in [3.05, 3.63) is 65.7 Å². The molecule has 7 nitrogen and oxygen atoms in total. The second kappa shape index (κ2) is 12.7. The van der Waals surface area contributed by atoms with E-state index in [9.17, 15) is 0 Å². The fourth-order valence-electron chi connectivity index (χ4n) is 3.83. The van der Waals surface area contributed by atoms with Crippen molar-refractivity contribution < 1.29 is 24.5 Å². The van der Waals surface area contributed by atoms with Gasteiger partial charge in [0, 0.05) is 24.7 Å². The summed E-state index contributed by atoms with van der Waals surface area (Å²) in [6.45, 7) is 7.77. The minimum Gasteiger partial charge on any atom is -0.496 e. The van der Waals surface area contributed by atoms with E-state index in [2.05, 4.69) is 65.3 Å². The molecule has 168 valence electrons. The molecule has 0 saturated carbocycles. The molecule has 2 N–H and O–H groups in total. The van der Waals surface area contributed by atoms with Gasteiger partial charge in [0.2, 0.25) is 0 Å². The predicted molar refractivity (Wildman–Crippen MR) is 119 cm³/mol. The smallest absolute Gasteiger partial charge is 0.414 e. The van der Waals surface area contributed by atoms with Gasteiger partial charge in [-0.2, -0.15) is 0 Å². The van der Waals surface area contributed by atoms with Gasteiger partial charge in [-0.15, -0.1) is 0 Å². The third-order valence-electron chi connectivity index (χ3n) is 5.48. The number of hydrogen-bond donors (Lipinski definition) is 2. The Hall–Kier alpha value is -2.90. The first-order chi connectivity index (χ1) is 14.9. The highest BCUT2D eigenvalue weighted by Gasteiger charge is 2.24. The van der Waals surface area contributed by atoms with E-state index in [-0.39, 0.29) is 0 Å². The number of aliphatic carboxylic acids is 2. The van der Waals surface area contributed by atoms with Crippen LogP contribution in [0.5, 0.6) is 5.75 Å². The van der Waals surface area contributed by atoms with Crippen molar-refractivity contribution in [1.29, 1.82) is 0 Å².